The van der Waals surface area contributed by atoms with Crippen molar-refractivity contribution < 1.29 is 14.3 Å². The monoisotopic (exact) mass is 389 g/mol. The molecule has 0 saturated carbocycles. The molecule has 26 heavy (non-hydrogen) atoms. The molecule has 0 atom stereocenters. The van der Waals surface area contributed by atoms with Crippen LogP contribution >= 0.6 is 23.2 Å². The first-order valence-corrected chi connectivity index (χ1v) is 9.03. The molecule has 0 saturated heterocycles. The number of halogens is 2. The van der Waals surface area contributed by atoms with Crippen LogP contribution in [0.2, 0.25) is 10.0 Å². The van der Waals surface area contributed by atoms with Crippen molar-refractivity contribution in [1.29, 1.82) is 0 Å². The SMILES string of the molecule is CCCCOc1ccc(C2=N/C(=C\c3ccc(Cl)c(Cl)c3)C(=O)O2)cc1. The Morgan fingerprint density at radius 1 is 1.12 bits per heavy atom. The summed E-state index contributed by atoms with van der Waals surface area (Å²) in [6.45, 7) is 2.80. The van der Waals surface area contributed by atoms with Crippen LogP contribution in [-0.4, -0.2) is 18.5 Å². The number of unbranched alkanes of at least 4 members (excludes halogenated alkanes) is 1. The fraction of sp³-hybridized carbons (Fsp3) is 0.200. The topological polar surface area (TPSA) is 47.9 Å². The normalized spacial score (nSPS) is 15.1. The zero-order valence-corrected chi connectivity index (χ0v) is 15.7. The molecule has 0 amide bonds. The van der Waals surface area contributed by atoms with E-state index in [1.54, 1.807) is 24.3 Å². The van der Waals surface area contributed by atoms with Crippen LogP contribution in [0, 0.1) is 0 Å². The predicted molar refractivity (Wildman–Crippen MR) is 104 cm³/mol. The lowest BCUT2D eigenvalue weighted by Crippen LogP contribution is -2.05. The Bertz CT molecular complexity index is 873. The minimum Gasteiger partial charge on any atom is -0.494 e. The van der Waals surface area contributed by atoms with Crippen LogP contribution in [0.5, 0.6) is 5.75 Å². The number of cyclic esters (lactones) is 1. The molecule has 0 spiro atoms. The first-order valence-electron chi connectivity index (χ1n) is 8.27. The molecular formula is C20H17Cl2NO3. The van der Waals surface area contributed by atoms with Gasteiger partial charge in [-0.2, -0.15) is 0 Å². The highest BCUT2D eigenvalue weighted by Gasteiger charge is 2.24. The van der Waals surface area contributed by atoms with Crippen molar-refractivity contribution >= 4 is 41.1 Å². The van der Waals surface area contributed by atoms with E-state index in [0.29, 0.717) is 22.2 Å². The number of hydrogen-bond acceptors (Lipinski definition) is 4. The maximum Gasteiger partial charge on any atom is 0.363 e. The van der Waals surface area contributed by atoms with Gasteiger partial charge in [0.1, 0.15) is 5.75 Å². The summed E-state index contributed by atoms with van der Waals surface area (Å²) in [5, 5.41) is 0.864. The maximum absolute atomic E-state index is 12.1. The lowest BCUT2D eigenvalue weighted by molar-refractivity contribution is -0.129. The van der Waals surface area contributed by atoms with Gasteiger partial charge in [-0.15, -0.1) is 0 Å². The molecule has 1 aliphatic heterocycles. The number of benzene rings is 2. The highest BCUT2D eigenvalue weighted by Crippen LogP contribution is 2.25. The average molecular weight is 390 g/mol. The molecule has 134 valence electrons. The molecule has 6 heteroatoms. The maximum atomic E-state index is 12.1. The number of carbonyl (C=O) groups is 1. The Labute approximate surface area is 162 Å². The predicted octanol–water partition coefficient (Wildman–Crippen LogP) is 5.52. The van der Waals surface area contributed by atoms with E-state index in [-0.39, 0.29) is 11.6 Å². The highest BCUT2D eigenvalue weighted by molar-refractivity contribution is 6.42. The van der Waals surface area contributed by atoms with Crippen molar-refractivity contribution in [3.8, 4) is 5.75 Å². The first-order chi connectivity index (χ1) is 12.6. The first kappa shape index (κ1) is 18.5. The van der Waals surface area contributed by atoms with Crippen LogP contribution in [0.15, 0.2) is 53.2 Å². The van der Waals surface area contributed by atoms with Gasteiger partial charge in [0.2, 0.25) is 5.90 Å². The van der Waals surface area contributed by atoms with Crippen LogP contribution in [0.3, 0.4) is 0 Å². The summed E-state index contributed by atoms with van der Waals surface area (Å²) in [6, 6.07) is 12.4. The van der Waals surface area contributed by atoms with Crippen molar-refractivity contribution in [3.05, 3.63) is 69.3 Å². The summed E-state index contributed by atoms with van der Waals surface area (Å²) in [6.07, 6.45) is 3.70. The summed E-state index contributed by atoms with van der Waals surface area (Å²) < 4.78 is 10.9. The molecule has 2 aromatic carbocycles. The molecule has 0 N–H and O–H groups in total. The number of nitrogens with zero attached hydrogens (tertiary/aromatic N) is 1. The second-order valence-electron chi connectivity index (χ2n) is 5.74. The molecular weight excluding hydrogens is 373 g/mol. The van der Waals surface area contributed by atoms with E-state index >= 15 is 0 Å². The van der Waals surface area contributed by atoms with E-state index in [1.165, 1.54) is 0 Å². The minimum atomic E-state index is -0.505. The molecule has 0 radical (unpaired) electrons. The minimum absolute atomic E-state index is 0.210. The lowest BCUT2D eigenvalue weighted by atomic mass is 10.2. The van der Waals surface area contributed by atoms with Crippen molar-refractivity contribution in [2.24, 2.45) is 4.99 Å². The quantitative estimate of drug-likeness (QED) is 0.371. The molecule has 0 aliphatic carbocycles. The van der Waals surface area contributed by atoms with Gasteiger partial charge in [-0.25, -0.2) is 9.79 Å². The summed E-state index contributed by atoms with van der Waals surface area (Å²) in [5.41, 5.74) is 1.64. The molecule has 0 aromatic heterocycles. The van der Waals surface area contributed by atoms with Gasteiger partial charge >= 0.3 is 5.97 Å². The number of carbonyl (C=O) groups excluding carboxylic acids is 1. The van der Waals surface area contributed by atoms with Crippen LogP contribution in [0.1, 0.15) is 30.9 Å². The Morgan fingerprint density at radius 2 is 1.88 bits per heavy atom. The number of hydrogen-bond donors (Lipinski definition) is 0. The molecule has 4 nitrogen and oxygen atoms in total. The van der Waals surface area contributed by atoms with Gasteiger partial charge in [-0.1, -0.05) is 42.6 Å². The Kier molecular flexibility index (Phi) is 5.96. The smallest absolute Gasteiger partial charge is 0.363 e. The second-order valence-corrected chi connectivity index (χ2v) is 6.55. The van der Waals surface area contributed by atoms with Gasteiger partial charge in [0.15, 0.2) is 5.70 Å². The van der Waals surface area contributed by atoms with Crippen molar-refractivity contribution in [2.45, 2.75) is 19.8 Å². The van der Waals surface area contributed by atoms with E-state index < -0.39 is 5.97 Å². The third kappa shape index (κ3) is 4.45. The number of esters is 1. The molecule has 0 unspecified atom stereocenters. The third-order valence-corrected chi connectivity index (χ3v) is 4.47. The van der Waals surface area contributed by atoms with Crippen molar-refractivity contribution in [1.82, 2.24) is 0 Å². The standard InChI is InChI=1S/C20H17Cl2NO3/c1-2-3-10-25-15-7-5-14(6-8-15)19-23-18(20(24)26-19)12-13-4-9-16(21)17(22)11-13/h4-9,11-12H,2-3,10H2,1H3/b18-12-. The molecule has 1 heterocycles. The van der Waals surface area contributed by atoms with Crippen LogP contribution < -0.4 is 4.74 Å². The Morgan fingerprint density at radius 3 is 2.58 bits per heavy atom. The van der Waals surface area contributed by atoms with Gasteiger partial charge in [0.25, 0.3) is 0 Å². The molecule has 0 bridgehead atoms. The van der Waals surface area contributed by atoms with Crippen LogP contribution in [0.25, 0.3) is 6.08 Å². The third-order valence-electron chi connectivity index (χ3n) is 3.74. The summed E-state index contributed by atoms with van der Waals surface area (Å²) >= 11 is 11.9. The summed E-state index contributed by atoms with van der Waals surface area (Å²) in [7, 11) is 0. The van der Waals surface area contributed by atoms with E-state index in [1.807, 2.05) is 24.3 Å². The van der Waals surface area contributed by atoms with Gasteiger partial charge in [0, 0.05) is 5.56 Å². The van der Waals surface area contributed by atoms with Crippen molar-refractivity contribution in [3.63, 3.8) is 0 Å². The number of aliphatic imine (C=N–C) groups is 1. The fourth-order valence-corrected chi connectivity index (χ4v) is 2.63. The highest BCUT2D eigenvalue weighted by atomic mass is 35.5. The molecule has 2 aromatic rings. The van der Waals surface area contributed by atoms with Gasteiger partial charge < -0.3 is 9.47 Å². The zero-order valence-electron chi connectivity index (χ0n) is 14.2. The summed E-state index contributed by atoms with van der Waals surface area (Å²) in [4.78, 5) is 16.3. The van der Waals surface area contributed by atoms with E-state index in [4.69, 9.17) is 32.7 Å². The number of rotatable bonds is 6. The summed E-state index contributed by atoms with van der Waals surface area (Å²) in [5.74, 6) is 0.537. The van der Waals surface area contributed by atoms with Crippen molar-refractivity contribution in [2.75, 3.05) is 6.61 Å². The Balaban J connectivity index is 1.77. The Hall–Kier alpha value is -2.30. The zero-order chi connectivity index (χ0) is 18.5. The molecule has 0 fully saturated rings. The molecule has 3 rings (SSSR count). The molecule has 1 aliphatic rings. The van der Waals surface area contributed by atoms with Crippen LogP contribution in [0.4, 0.5) is 0 Å². The van der Waals surface area contributed by atoms with E-state index in [2.05, 4.69) is 11.9 Å². The lowest BCUT2D eigenvalue weighted by Gasteiger charge is -2.05. The second kappa shape index (κ2) is 8.39. The fourth-order valence-electron chi connectivity index (χ4n) is 2.32. The van der Waals surface area contributed by atoms with Gasteiger partial charge in [0.05, 0.1) is 16.7 Å². The van der Waals surface area contributed by atoms with Gasteiger partial charge in [-0.05, 0) is 54.5 Å². The number of ether oxygens (including phenoxy) is 2. The average Bonchev–Trinajstić information content (AvgIpc) is 3.00. The van der Waals surface area contributed by atoms with E-state index in [9.17, 15) is 4.79 Å². The van der Waals surface area contributed by atoms with Crippen LogP contribution in [-0.2, 0) is 9.53 Å². The van der Waals surface area contributed by atoms with Gasteiger partial charge in [-0.3, -0.25) is 0 Å². The largest absolute Gasteiger partial charge is 0.494 e. The van der Waals surface area contributed by atoms with E-state index in [0.717, 1.165) is 24.2 Å².